The summed E-state index contributed by atoms with van der Waals surface area (Å²) in [5.41, 5.74) is 1.56. The van der Waals surface area contributed by atoms with Crippen LogP contribution in [0.15, 0.2) is 24.8 Å². The quantitative estimate of drug-likeness (QED) is 0.717. The molecule has 0 aromatic carbocycles. The van der Waals surface area contributed by atoms with E-state index in [1.54, 1.807) is 19.2 Å². The number of hydrogen-bond donors (Lipinski definition) is 1. The molecule has 0 saturated heterocycles. The number of rotatable bonds is 3. The topological polar surface area (TPSA) is 42.4 Å². The van der Waals surface area contributed by atoms with Gasteiger partial charge in [0.2, 0.25) is 5.88 Å². The van der Waals surface area contributed by atoms with E-state index in [0.29, 0.717) is 5.88 Å². The second-order valence-corrected chi connectivity index (χ2v) is 2.76. The van der Waals surface area contributed by atoms with Crippen LogP contribution in [0.3, 0.4) is 0 Å². The van der Waals surface area contributed by atoms with Crippen LogP contribution in [0, 0.1) is 6.92 Å². The lowest BCUT2D eigenvalue weighted by Gasteiger charge is -2.08. The Morgan fingerprint density at radius 1 is 1.62 bits per heavy atom. The third-order valence-electron chi connectivity index (χ3n) is 1.73. The SMILES string of the molecule is C=CC(O)c1cc(C)nc(OC)c1. The molecular weight excluding hydrogens is 166 g/mol. The molecule has 0 aliphatic rings. The average molecular weight is 179 g/mol. The van der Waals surface area contributed by atoms with E-state index in [1.165, 1.54) is 6.08 Å². The van der Waals surface area contributed by atoms with Gasteiger partial charge in [-0.3, -0.25) is 0 Å². The molecule has 3 nitrogen and oxygen atoms in total. The summed E-state index contributed by atoms with van der Waals surface area (Å²) in [6, 6.07) is 3.49. The molecule has 1 N–H and O–H groups in total. The average Bonchev–Trinajstić information content (AvgIpc) is 2.15. The molecule has 1 aromatic heterocycles. The zero-order valence-electron chi connectivity index (χ0n) is 7.82. The van der Waals surface area contributed by atoms with Gasteiger partial charge in [0, 0.05) is 11.8 Å². The summed E-state index contributed by atoms with van der Waals surface area (Å²) in [5, 5.41) is 9.47. The van der Waals surface area contributed by atoms with Crippen molar-refractivity contribution in [3.8, 4) is 5.88 Å². The van der Waals surface area contributed by atoms with Crippen LogP contribution in [0.25, 0.3) is 0 Å². The van der Waals surface area contributed by atoms with Crippen molar-refractivity contribution in [1.82, 2.24) is 4.98 Å². The maximum Gasteiger partial charge on any atom is 0.213 e. The lowest BCUT2D eigenvalue weighted by Crippen LogP contribution is -1.97. The fourth-order valence-electron chi connectivity index (χ4n) is 1.08. The molecule has 3 heteroatoms. The summed E-state index contributed by atoms with van der Waals surface area (Å²) in [5.74, 6) is 0.510. The van der Waals surface area contributed by atoms with Gasteiger partial charge in [0.1, 0.15) is 0 Å². The van der Waals surface area contributed by atoms with E-state index in [-0.39, 0.29) is 0 Å². The molecule has 1 aromatic rings. The van der Waals surface area contributed by atoms with E-state index in [9.17, 15) is 5.11 Å². The number of methoxy groups -OCH3 is 1. The summed E-state index contributed by atoms with van der Waals surface area (Å²) in [4.78, 5) is 4.10. The molecule has 0 amide bonds. The van der Waals surface area contributed by atoms with Crippen molar-refractivity contribution in [3.63, 3.8) is 0 Å². The Bertz CT molecular complexity index is 310. The largest absolute Gasteiger partial charge is 0.481 e. The summed E-state index contributed by atoms with van der Waals surface area (Å²) < 4.78 is 4.97. The zero-order chi connectivity index (χ0) is 9.84. The Kier molecular flexibility index (Phi) is 3.03. The second kappa shape index (κ2) is 4.05. The van der Waals surface area contributed by atoms with Gasteiger partial charge in [-0.15, -0.1) is 6.58 Å². The number of hydrogen-bond acceptors (Lipinski definition) is 3. The van der Waals surface area contributed by atoms with E-state index >= 15 is 0 Å². The van der Waals surface area contributed by atoms with Crippen molar-refractivity contribution in [2.75, 3.05) is 7.11 Å². The molecule has 1 heterocycles. The maximum absolute atomic E-state index is 9.47. The second-order valence-electron chi connectivity index (χ2n) is 2.76. The van der Waals surface area contributed by atoms with Crippen LogP contribution in [0.5, 0.6) is 5.88 Å². The fourth-order valence-corrected chi connectivity index (χ4v) is 1.08. The van der Waals surface area contributed by atoms with Crippen molar-refractivity contribution >= 4 is 0 Å². The summed E-state index contributed by atoms with van der Waals surface area (Å²) in [6.45, 7) is 5.36. The highest BCUT2D eigenvalue weighted by Gasteiger charge is 2.05. The van der Waals surface area contributed by atoms with Crippen LogP contribution < -0.4 is 4.74 Å². The highest BCUT2D eigenvalue weighted by Crippen LogP contribution is 2.18. The molecule has 0 aliphatic heterocycles. The molecule has 1 unspecified atom stereocenters. The molecule has 1 atom stereocenters. The van der Waals surface area contributed by atoms with Gasteiger partial charge in [-0.05, 0) is 18.6 Å². The van der Waals surface area contributed by atoms with Gasteiger partial charge in [0.05, 0.1) is 13.2 Å². The van der Waals surface area contributed by atoms with Crippen molar-refractivity contribution in [2.45, 2.75) is 13.0 Å². The Labute approximate surface area is 77.7 Å². The van der Waals surface area contributed by atoms with Crippen molar-refractivity contribution in [3.05, 3.63) is 36.0 Å². The third-order valence-corrected chi connectivity index (χ3v) is 1.73. The van der Waals surface area contributed by atoms with Crippen molar-refractivity contribution < 1.29 is 9.84 Å². The maximum atomic E-state index is 9.47. The number of aryl methyl sites for hydroxylation is 1. The van der Waals surface area contributed by atoms with E-state index in [1.807, 2.05) is 6.92 Å². The lowest BCUT2D eigenvalue weighted by molar-refractivity contribution is 0.228. The predicted molar refractivity (Wildman–Crippen MR) is 50.7 cm³/mol. The van der Waals surface area contributed by atoms with Crippen molar-refractivity contribution in [1.29, 1.82) is 0 Å². The number of ether oxygens (including phenoxy) is 1. The number of aliphatic hydroxyl groups is 1. The highest BCUT2D eigenvalue weighted by molar-refractivity contribution is 5.28. The molecule has 0 aliphatic carbocycles. The fraction of sp³-hybridized carbons (Fsp3) is 0.300. The van der Waals surface area contributed by atoms with Gasteiger partial charge >= 0.3 is 0 Å². The van der Waals surface area contributed by atoms with Crippen LogP contribution in [0.2, 0.25) is 0 Å². The van der Waals surface area contributed by atoms with Crippen LogP contribution in [-0.4, -0.2) is 17.2 Å². The minimum absolute atomic E-state index is 0.510. The molecule has 0 radical (unpaired) electrons. The normalized spacial score (nSPS) is 12.2. The van der Waals surface area contributed by atoms with Crippen molar-refractivity contribution in [2.24, 2.45) is 0 Å². The number of aromatic nitrogens is 1. The molecule has 0 fully saturated rings. The summed E-state index contributed by atoms with van der Waals surface area (Å²) in [7, 11) is 1.55. The first-order chi connectivity index (χ1) is 6.17. The molecule has 70 valence electrons. The monoisotopic (exact) mass is 179 g/mol. The predicted octanol–water partition coefficient (Wildman–Crippen LogP) is 1.62. The Morgan fingerprint density at radius 2 is 2.31 bits per heavy atom. The van der Waals surface area contributed by atoms with Crippen LogP contribution in [-0.2, 0) is 0 Å². The van der Waals surface area contributed by atoms with Crippen LogP contribution >= 0.6 is 0 Å². The minimum Gasteiger partial charge on any atom is -0.481 e. The molecular formula is C10H13NO2. The zero-order valence-corrected chi connectivity index (χ0v) is 7.82. The Balaban J connectivity index is 3.07. The highest BCUT2D eigenvalue weighted by atomic mass is 16.5. The first kappa shape index (κ1) is 9.74. The van der Waals surface area contributed by atoms with Gasteiger partial charge in [-0.1, -0.05) is 6.08 Å². The van der Waals surface area contributed by atoms with Gasteiger partial charge in [-0.2, -0.15) is 0 Å². The summed E-state index contributed by atoms with van der Waals surface area (Å²) >= 11 is 0. The van der Waals surface area contributed by atoms with Gasteiger partial charge in [0.15, 0.2) is 0 Å². The number of nitrogens with zero attached hydrogens (tertiary/aromatic N) is 1. The first-order valence-electron chi connectivity index (χ1n) is 4.00. The molecule has 0 saturated carbocycles. The Morgan fingerprint density at radius 3 is 2.85 bits per heavy atom. The number of aliphatic hydroxyl groups excluding tert-OH is 1. The van der Waals surface area contributed by atoms with Crippen LogP contribution in [0.4, 0.5) is 0 Å². The van der Waals surface area contributed by atoms with E-state index < -0.39 is 6.10 Å². The van der Waals surface area contributed by atoms with Gasteiger partial charge < -0.3 is 9.84 Å². The Hall–Kier alpha value is -1.35. The summed E-state index contributed by atoms with van der Waals surface area (Å²) in [6.07, 6.45) is 0.810. The van der Waals surface area contributed by atoms with Gasteiger partial charge in [0.25, 0.3) is 0 Å². The molecule has 0 spiro atoms. The molecule has 1 rings (SSSR count). The first-order valence-corrected chi connectivity index (χ1v) is 4.00. The molecule has 13 heavy (non-hydrogen) atoms. The smallest absolute Gasteiger partial charge is 0.213 e. The standard InChI is InChI=1S/C10H13NO2/c1-4-9(12)8-5-7(2)11-10(6-8)13-3/h4-6,9,12H,1H2,2-3H3. The third kappa shape index (κ3) is 2.29. The number of pyridine rings is 1. The lowest BCUT2D eigenvalue weighted by atomic mass is 10.1. The van der Waals surface area contributed by atoms with E-state index in [4.69, 9.17) is 4.74 Å². The molecule has 0 bridgehead atoms. The minimum atomic E-state index is -0.657. The van der Waals surface area contributed by atoms with E-state index in [0.717, 1.165) is 11.3 Å². The van der Waals surface area contributed by atoms with Gasteiger partial charge in [-0.25, -0.2) is 4.98 Å². The van der Waals surface area contributed by atoms with E-state index in [2.05, 4.69) is 11.6 Å². The van der Waals surface area contributed by atoms with Crippen LogP contribution in [0.1, 0.15) is 17.4 Å².